The van der Waals surface area contributed by atoms with Crippen molar-refractivity contribution in [3.05, 3.63) is 64.4 Å². The highest BCUT2D eigenvalue weighted by Gasteiger charge is 2.11. The number of phenols is 1. The summed E-state index contributed by atoms with van der Waals surface area (Å²) in [7, 11) is 0. The van der Waals surface area contributed by atoms with Gasteiger partial charge in [-0.15, -0.1) is 0 Å². The maximum atomic E-state index is 13.4. The van der Waals surface area contributed by atoms with Gasteiger partial charge in [-0.2, -0.15) is 0 Å². The average molecular weight is 294 g/mol. The summed E-state index contributed by atoms with van der Waals surface area (Å²) in [5.41, 5.74) is 0.731. The highest BCUT2D eigenvalue weighted by Crippen LogP contribution is 2.20. The van der Waals surface area contributed by atoms with Crippen LogP contribution in [-0.2, 0) is 6.42 Å². The number of amides is 1. The molecule has 0 atom stereocenters. The molecule has 2 aromatic carbocycles. The smallest absolute Gasteiger partial charge is 0.252 e. The van der Waals surface area contributed by atoms with Crippen molar-refractivity contribution in [3.8, 4) is 5.75 Å². The highest BCUT2D eigenvalue weighted by molar-refractivity contribution is 6.33. The summed E-state index contributed by atoms with van der Waals surface area (Å²) in [6.07, 6.45) is 0.384. The van der Waals surface area contributed by atoms with Crippen LogP contribution in [0.15, 0.2) is 42.5 Å². The van der Waals surface area contributed by atoms with Gasteiger partial charge in [-0.3, -0.25) is 4.79 Å². The van der Waals surface area contributed by atoms with E-state index in [2.05, 4.69) is 5.32 Å². The number of rotatable bonds is 4. The average Bonchev–Trinajstić information content (AvgIpc) is 2.43. The molecule has 0 saturated heterocycles. The third kappa shape index (κ3) is 3.48. The van der Waals surface area contributed by atoms with Crippen LogP contribution in [0.5, 0.6) is 5.75 Å². The predicted octanol–water partition coefficient (Wildman–Crippen LogP) is 3.16. The third-order valence-electron chi connectivity index (χ3n) is 2.83. The molecule has 0 radical (unpaired) electrons. The molecule has 104 valence electrons. The van der Waals surface area contributed by atoms with E-state index in [0.717, 1.165) is 0 Å². The van der Waals surface area contributed by atoms with Crippen molar-refractivity contribution in [2.75, 3.05) is 6.54 Å². The molecule has 0 fully saturated rings. The zero-order valence-electron chi connectivity index (χ0n) is 10.6. The van der Waals surface area contributed by atoms with Crippen LogP contribution in [0.3, 0.4) is 0 Å². The van der Waals surface area contributed by atoms with Crippen molar-refractivity contribution in [1.82, 2.24) is 5.32 Å². The standard InChI is InChI=1S/C15H13ClFNO2/c16-13-6-5-11(19)9-12(13)15(20)18-8-7-10-3-1-2-4-14(10)17/h1-6,9,19H,7-8H2,(H,18,20). The number of hydrogen-bond donors (Lipinski definition) is 2. The fourth-order valence-electron chi connectivity index (χ4n) is 1.79. The number of halogens is 2. The van der Waals surface area contributed by atoms with E-state index in [9.17, 15) is 14.3 Å². The maximum Gasteiger partial charge on any atom is 0.252 e. The zero-order valence-corrected chi connectivity index (χ0v) is 11.3. The predicted molar refractivity (Wildman–Crippen MR) is 75.6 cm³/mol. The number of hydrogen-bond acceptors (Lipinski definition) is 2. The molecule has 5 heteroatoms. The van der Waals surface area contributed by atoms with Crippen molar-refractivity contribution in [2.24, 2.45) is 0 Å². The van der Waals surface area contributed by atoms with Crippen LogP contribution in [0.4, 0.5) is 4.39 Å². The minimum atomic E-state index is -0.401. The summed E-state index contributed by atoms with van der Waals surface area (Å²) < 4.78 is 13.4. The zero-order chi connectivity index (χ0) is 14.5. The van der Waals surface area contributed by atoms with Gasteiger partial charge in [0.1, 0.15) is 11.6 Å². The van der Waals surface area contributed by atoms with Crippen LogP contribution in [0.1, 0.15) is 15.9 Å². The van der Waals surface area contributed by atoms with Crippen LogP contribution < -0.4 is 5.32 Å². The molecule has 2 aromatic rings. The molecule has 0 aliphatic heterocycles. The van der Waals surface area contributed by atoms with E-state index < -0.39 is 5.91 Å². The molecule has 0 unspecified atom stereocenters. The number of carbonyl (C=O) groups excluding carboxylic acids is 1. The molecule has 0 saturated carbocycles. The van der Waals surface area contributed by atoms with Gasteiger partial charge in [0.25, 0.3) is 5.91 Å². The summed E-state index contributed by atoms with van der Waals surface area (Å²) >= 11 is 5.88. The van der Waals surface area contributed by atoms with Gasteiger partial charge in [-0.25, -0.2) is 4.39 Å². The largest absolute Gasteiger partial charge is 0.508 e. The first kappa shape index (κ1) is 14.3. The molecule has 0 aliphatic carbocycles. The van der Waals surface area contributed by atoms with Gasteiger partial charge in [0.15, 0.2) is 0 Å². The van der Waals surface area contributed by atoms with Gasteiger partial charge in [0.2, 0.25) is 0 Å². The van der Waals surface area contributed by atoms with E-state index in [1.54, 1.807) is 18.2 Å². The lowest BCUT2D eigenvalue weighted by Gasteiger charge is -2.07. The van der Waals surface area contributed by atoms with Crippen molar-refractivity contribution in [1.29, 1.82) is 0 Å². The van der Waals surface area contributed by atoms with Gasteiger partial charge in [-0.1, -0.05) is 29.8 Å². The second-order valence-corrected chi connectivity index (χ2v) is 4.67. The summed E-state index contributed by atoms with van der Waals surface area (Å²) in [6.45, 7) is 0.283. The van der Waals surface area contributed by atoms with E-state index in [4.69, 9.17) is 11.6 Å². The third-order valence-corrected chi connectivity index (χ3v) is 3.16. The second-order valence-electron chi connectivity index (χ2n) is 4.26. The highest BCUT2D eigenvalue weighted by atomic mass is 35.5. The topological polar surface area (TPSA) is 49.3 Å². The molecule has 2 rings (SSSR count). The molecule has 0 aromatic heterocycles. The summed E-state index contributed by atoms with van der Waals surface area (Å²) in [4.78, 5) is 11.9. The molecule has 1 amide bonds. The Morgan fingerprint density at radius 3 is 2.75 bits per heavy atom. The van der Waals surface area contributed by atoms with Gasteiger partial charge >= 0.3 is 0 Å². The minimum absolute atomic E-state index is 0.0337. The van der Waals surface area contributed by atoms with Crippen LogP contribution in [0.25, 0.3) is 0 Å². The Morgan fingerprint density at radius 1 is 1.25 bits per heavy atom. The molecule has 2 N–H and O–H groups in total. The van der Waals surface area contributed by atoms with Crippen LogP contribution in [0, 0.1) is 5.82 Å². The lowest BCUT2D eigenvalue weighted by molar-refractivity contribution is 0.0954. The molecule has 20 heavy (non-hydrogen) atoms. The molecule has 3 nitrogen and oxygen atoms in total. The molecule has 0 heterocycles. The van der Waals surface area contributed by atoms with E-state index in [0.29, 0.717) is 12.0 Å². The van der Waals surface area contributed by atoms with Gasteiger partial charge in [0.05, 0.1) is 10.6 Å². The van der Waals surface area contributed by atoms with E-state index in [-0.39, 0.29) is 28.7 Å². The fraction of sp³-hybridized carbons (Fsp3) is 0.133. The monoisotopic (exact) mass is 293 g/mol. The van der Waals surface area contributed by atoms with Crippen LogP contribution in [-0.4, -0.2) is 17.6 Å². The van der Waals surface area contributed by atoms with Crippen LogP contribution >= 0.6 is 11.6 Å². The number of benzene rings is 2. The first-order valence-electron chi connectivity index (χ1n) is 6.08. The normalized spacial score (nSPS) is 10.3. The Labute approximate surface area is 121 Å². The Kier molecular flexibility index (Phi) is 4.58. The van der Waals surface area contributed by atoms with Crippen molar-refractivity contribution >= 4 is 17.5 Å². The van der Waals surface area contributed by atoms with Crippen molar-refractivity contribution in [3.63, 3.8) is 0 Å². The SMILES string of the molecule is O=C(NCCc1ccccc1F)c1cc(O)ccc1Cl. The fourth-order valence-corrected chi connectivity index (χ4v) is 2.00. The van der Waals surface area contributed by atoms with Crippen molar-refractivity contribution in [2.45, 2.75) is 6.42 Å². The number of aromatic hydroxyl groups is 1. The van der Waals surface area contributed by atoms with Gasteiger partial charge < -0.3 is 10.4 Å². The van der Waals surface area contributed by atoms with Crippen LogP contribution in [0.2, 0.25) is 5.02 Å². The van der Waals surface area contributed by atoms with E-state index in [1.807, 2.05) is 0 Å². The molecular formula is C15H13ClFNO2. The lowest BCUT2D eigenvalue weighted by Crippen LogP contribution is -2.26. The number of nitrogens with one attached hydrogen (secondary N) is 1. The maximum absolute atomic E-state index is 13.4. The lowest BCUT2D eigenvalue weighted by atomic mass is 10.1. The molecule has 0 aliphatic rings. The van der Waals surface area contributed by atoms with Gasteiger partial charge in [-0.05, 0) is 36.2 Å². The number of phenolic OH excluding ortho intramolecular Hbond substituents is 1. The summed E-state index contributed by atoms with van der Waals surface area (Å²) in [5.74, 6) is -0.729. The Bertz CT molecular complexity index is 631. The molecule has 0 bridgehead atoms. The Morgan fingerprint density at radius 2 is 2.00 bits per heavy atom. The number of carbonyl (C=O) groups is 1. The molecular weight excluding hydrogens is 281 g/mol. The Hall–Kier alpha value is -2.07. The van der Waals surface area contributed by atoms with E-state index in [1.165, 1.54) is 24.3 Å². The van der Waals surface area contributed by atoms with Gasteiger partial charge in [0, 0.05) is 6.54 Å². The quantitative estimate of drug-likeness (QED) is 0.910. The second kappa shape index (κ2) is 6.39. The van der Waals surface area contributed by atoms with E-state index >= 15 is 0 Å². The minimum Gasteiger partial charge on any atom is -0.508 e. The van der Waals surface area contributed by atoms with Crippen molar-refractivity contribution < 1.29 is 14.3 Å². The first-order chi connectivity index (χ1) is 9.58. The summed E-state index contributed by atoms with van der Waals surface area (Å²) in [5, 5.41) is 12.2. The first-order valence-corrected chi connectivity index (χ1v) is 6.46. The Balaban J connectivity index is 1.96. The summed E-state index contributed by atoms with van der Waals surface area (Å²) in [6, 6.07) is 10.5. The molecule has 0 spiro atoms.